The first-order valence-corrected chi connectivity index (χ1v) is 5.85. The average Bonchev–Trinajstić information content (AvgIpc) is 2.38. The molecule has 0 radical (unpaired) electrons. The molecule has 3 N–H and O–H groups in total. The fourth-order valence-corrected chi connectivity index (χ4v) is 1.27. The lowest BCUT2D eigenvalue weighted by Gasteiger charge is -2.06. The van der Waals surface area contributed by atoms with Gasteiger partial charge in [-0.2, -0.15) is 0 Å². The summed E-state index contributed by atoms with van der Waals surface area (Å²) < 4.78 is 4.94. The molecule has 0 saturated carbocycles. The summed E-state index contributed by atoms with van der Waals surface area (Å²) in [6.45, 7) is 2.35. The summed E-state index contributed by atoms with van der Waals surface area (Å²) in [5.74, 6) is -1.20. The second-order valence-electron chi connectivity index (χ2n) is 3.71. The maximum absolute atomic E-state index is 11.5. The molecule has 0 unspecified atom stereocenters. The summed E-state index contributed by atoms with van der Waals surface area (Å²) in [5, 5.41) is 13.2. The lowest BCUT2D eigenvalue weighted by molar-refractivity contribution is -0.136. The number of amides is 2. The van der Waals surface area contributed by atoms with Crippen LogP contribution in [0.1, 0.15) is 5.69 Å². The van der Waals surface area contributed by atoms with E-state index in [-0.39, 0.29) is 26.4 Å². The van der Waals surface area contributed by atoms with E-state index in [9.17, 15) is 9.59 Å². The number of pyridine rings is 1. The number of carbonyl (C=O) groups excluding carboxylic acids is 2. The minimum Gasteiger partial charge on any atom is -0.394 e. The van der Waals surface area contributed by atoms with Gasteiger partial charge in [0, 0.05) is 12.2 Å². The molecule has 7 heteroatoms. The predicted octanol–water partition coefficient (Wildman–Crippen LogP) is -0.546. The van der Waals surface area contributed by atoms with Gasteiger partial charge in [-0.05, 0) is 19.1 Å². The standard InChI is InChI=1S/C12H17N3O4/c1-9-3-2-4-10(14-9)15-12(18)11(17)13-5-7-19-8-6-16/h2-4,16H,5-8H2,1H3,(H,13,17)(H,14,15,18). The number of aliphatic hydroxyl groups is 1. The number of nitrogens with zero attached hydrogens (tertiary/aromatic N) is 1. The highest BCUT2D eigenvalue weighted by Gasteiger charge is 2.13. The highest BCUT2D eigenvalue weighted by atomic mass is 16.5. The predicted molar refractivity (Wildman–Crippen MR) is 68.5 cm³/mol. The van der Waals surface area contributed by atoms with E-state index < -0.39 is 11.8 Å². The third-order valence-electron chi connectivity index (χ3n) is 2.10. The molecule has 104 valence electrons. The highest BCUT2D eigenvalue weighted by molar-refractivity contribution is 6.39. The minimum absolute atomic E-state index is 0.0759. The zero-order valence-corrected chi connectivity index (χ0v) is 10.7. The number of ether oxygens (including phenoxy) is 1. The van der Waals surface area contributed by atoms with Crippen molar-refractivity contribution in [3.05, 3.63) is 23.9 Å². The monoisotopic (exact) mass is 267 g/mol. The van der Waals surface area contributed by atoms with Crippen molar-refractivity contribution in [2.24, 2.45) is 0 Å². The summed E-state index contributed by atoms with van der Waals surface area (Å²) in [6, 6.07) is 5.12. The van der Waals surface area contributed by atoms with Crippen LogP contribution in [0.2, 0.25) is 0 Å². The quantitative estimate of drug-likeness (QED) is 0.474. The van der Waals surface area contributed by atoms with Gasteiger partial charge in [0.25, 0.3) is 0 Å². The molecule has 0 spiro atoms. The van der Waals surface area contributed by atoms with E-state index in [1.807, 2.05) is 0 Å². The average molecular weight is 267 g/mol. The van der Waals surface area contributed by atoms with Crippen molar-refractivity contribution >= 4 is 17.6 Å². The first-order chi connectivity index (χ1) is 9.13. The van der Waals surface area contributed by atoms with Gasteiger partial charge in [0.15, 0.2) is 0 Å². The van der Waals surface area contributed by atoms with E-state index in [1.54, 1.807) is 25.1 Å². The molecule has 0 aliphatic rings. The smallest absolute Gasteiger partial charge is 0.314 e. The third kappa shape index (κ3) is 5.94. The summed E-state index contributed by atoms with van der Waals surface area (Å²) in [5.41, 5.74) is 0.746. The molecule has 1 aromatic rings. The maximum atomic E-state index is 11.5. The molecule has 1 rings (SSSR count). The van der Waals surface area contributed by atoms with Crippen LogP contribution in [0.3, 0.4) is 0 Å². The molecule has 1 heterocycles. The topological polar surface area (TPSA) is 101 Å². The summed E-state index contributed by atoms with van der Waals surface area (Å²) >= 11 is 0. The van der Waals surface area contributed by atoms with Gasteiger partial charge in [-0.1, -0.05) is 6.07 Å². The fraction of sp³-hybridized carbons (Fsp3) is 0.417. The van der Waals surface area contributed by atoms with E-state index in [0.29, 0.717) is 5.82 Å². The molecule has 0 atom stereocenters. The van der Waals surface area contributed by atoms with Crippen molar-refractivity contribution in [1.82, 2.24) is 10.3 Å². The van der Waals surface area contributed by atoms with Gasteiger partial charge in [0.2, 0.25) is 0 Å². The van der Waals surface area contributed by atoms with Gasteiger partial charge in [0.1, 0.15) is 5.82 Å². The molecule has 7 nitrogen and oxygen atoms in total. The van der Waals surface area contributed by atoms with Crippen LogP contribution in [-0.4, -0.2) is 48.3 Å². The Morgan fingerprint density at radius 2 is 2.11 bits per heavy atom. The number of hydrogen-bond donors (Lipinski definition) is 3. The minimum atomic E-state index is -0.778. The second-order valence-corrected chi connectivity index (χ2v) is 3.71. The number of aliphatic hydroxyl groups excluding tert-OH is 1. The Morgan fingerprint density at radius 3 is 2.79 bits per heavy atom. The number of rotatable bonds is 6. The molecule has 19 heavy (non-hydrogen) atoms. The Labute approximate surface area is 111 Å². The number of hydrogen-bond acceptors (Lipinski definition) is 5. The van der Waals surface area contributed by atoms with Crippen LogP contribution in [0.15, 0.2) is 18.2 Å². The molecule has 0 aliphatic heterocycles. The fourth-order valence-electron chi connectivity index (χ4n) is 1.27. The van der Waals surface area contributed by atoms with Crippen molar-refractivity contribution in [1.29, 1.82) is 0 Å². The Balaban J connectivity index is 2.31. The van der Waals surface area contributed by atoms with Gasteiger partial charge < -0.3 is 20.5 Å². The molecular formula is C12H17N3O4. The lowest BCUT2D eigenvalue weighted by atomic mass is 10.3. The van der Waals surface area contributed by atoms with Gasteiger partial charge in [-0.15, -0.1) is 0 Å². The number of anilines is 1. The molecule has 0 fully saturated rings. The Bertz CT molecular complexity index is 437. The summed E-state index contributed by atoms with van der Waals surface area (Å²) in [4.78, 5) is 27.0. The third-order valence-corrected chi connectivity index (χ3v) is 2.10. The van der Waals surface area contributed by atoms with Crippen molar-refractivity contribution in [2.75, 3.05) is 31.7 Å². The molecule has 0 aromatic carbocycles. The lowest BCUT2D eigenvalue weighted by Crippen LogP contribution is -2.37. The highest BCUT2D eigenvalue weighted by Crippen LogP contribution is 2.03. The van der Waals surface area contributed by atoms with Gasteiger partial charge in [0.05, 0.1) is 19.8 Å². The Hall–Kier alpha value is -1.99. The van der Waals surface area contributed by atoms with Crippen molar-refractivity contribution in [2.45, 2.75) is 6.92 Å². The number of carbonyl (C=O) groups is 2. The summed E-state index contributed by atoms with van der Waals surface area (Å²) in [7, 11) is 0. The van der Waals surface area contributed by atoms with Crippen LogP contribution in [0.25, 0.3) is 0 Å². The second kappa shape index (κ2) is 8.17. The number of aromatic nitrogens is 1. The largest absolute Gasteiger partial charge is 0.394 e. The molecular weight excluding hydrogens is 250 g/mol. The van der Waals surface area contributed by atoms with Crippen LogP contribution in [0, 0.1) is 6.92 Å². The van der Waals surface area contributed by atoms with E-state index >= 15 is 0 Å². The van der Waals surface area contributed by atoms with Crippen molar-refractivity contribution in [3.63, 3.8) is 0 Å². The first kappa shape index (κ1) is 15.1. The van der Waals surface area contributed by atoms with Gasteiger partial charge in [-0.3, -0.25) is 9.59 Å². The normalized spacial score (nSPS) is 10.0. The number of aryl methyl sites for hydroxylation is 1. The number of nitrogens with one attached hydrogen (secondary N) is 2. The first-order valence-electron chi connectivity index (χ1n) is 5.85. The van der Waals surface area contributed by atoms with E-state index in [2.05, 4.69) is 15.6 Å². The molecule has 2 amide bonds. The van der Waals surface area contributed by atoms with Crippen LogP contribution in [0.5, 0.6) is 0 Å². The molecule has 0 bridgehead atoms. The SMILES string of the molecule is Cc1cccc(NC(=O)C(=O)NCCOCCO)n1. The van der Waals surface area contributed by atoms with E-state index in [1.165, 1.54) is 0 Å². The van der Waals surface area contributed by atoms with E-state index in [4.69, 9.17) is 9.84 Å². The van der Waals surface area contributed by atoms with Crippen LogP contribution >= 0.6 is 0 Å². The van der Waals surface area contributed by atoms with Gasteiger partial charge >= 0.3 is 11.8 Å². The molecule has 0 saturated heterocycles. The Morgan fingerprint density at radius 1 is 1.32 bits per heavy atom. The van der Waals surface area contributed by atoms with Crippen molar-refractivity contribution in [3.8, 4) is 0 Å². The zero-order chi connectivity index (χ0) is 14.1. The zero-order valence-electron chi connectivity index (χ0n) is 10.7. The molecule has 1 aromatic heterocycles. The van der Waals surface area contributed by atoms with E-state index in [0.717, 1.165) is 5.69 Å². The van der Waals surface area contributed by atoms with Crippen LogP contribution < -0.4 is 10.6 Å². The Kier molecular flexibility index (Phi) is 6.48. The molecule has 0 aliphatic carbocycles. The summed E-state index contributed by atoms with van der Waals surface area (Å²) in [6.07, 6.45) is 0. The van der Waals surface area contributed by atoms with Crippen LogP contribution in [0.4, 0.5) is 5.82 Å². The van der Waals surface area contributed by atoms with Crippen molar-refractivity contribution < 1.29 is 19.4 Å². The maximum Gasteiger partial charge on any atom is 0.314 e. The van der Waals surface area contributed by atoms with Gasteiger partial charge in [-0.25, -0.2) is 4.98 Å². The van der Waals surface area contributed by atoms with Crippen LogP contribution in [-0.2, 0) is 14.3 Å².